The summed E-state index contributed by atoms with van der Waals surface area (Å²) in [6.07, 6.45) is 1.56. The quantitative estimate of drug-likeness (QED) is 0.853. The van der Waals surface area contributed by atoms with Gasteiger partial charge in [-0.05, 0) is 18.2 Å². The molecule has 0 heterocycles. The van der Waals surface area contributed by atoms with Crippen LogP contribution in [0.5, 0.6) is 0 Å². The van der Waals surface area contributed by atoms with E-state index >= 15 is 0 Å². The van der Waals surface area contributed by atoms with E-state index in [1.54, 1.807) is 30.5 Å². The second-order valence-corrected chi connectivity index (χ2v) is 4.01. The summed E-state index contributed by atoms with van der Waals surface area (Å²) in [6.45, 7) is 0. The number of para-hydroxylation sites is 1. The zero-order chi connectivity index (χ0) is 13.0. The van der Waals surface area contributed by atoms with Crippen LogP contribution in [-0.2, 0) is 0 Å². The topological polar surface area (TPSA) is 49.7 Å². The van der Waals surface area contributed by atoms with Crippen molar-refractivity contribution in [1.82, 2.24) is 0 Å². The molecule has 2 aromatic rings. The lowest BCUT2D eigenvalue weighted by atomic mass is 10.2. The lowest BCUT2D eigenvalue weighted by Crippen LogP contribution is -1.96. The van der Waals surface area contributed by atoms with Crippen LogP contribution in [0.3, 0.4) is 0 Å². The van der Waals surface area contributed by atoms with Gasteiger partial charge in [0.1, 0.15) is 0 Å². The molecule has 2 rings (SSSR count). The van der Waals surface area contributed by atoms with Gasteiger partial charge in [-0.15, -0.1) is 0 Å². The second-order valence-electron chi connectivity index (χ2n) is 3.60. The van der Waals surface area contributed by atoms with Crippen LogP contribution in [0.1, 0.15) is 15.9 Å². The summed E-state index contributed by atoms with van der Waals surface area (Å²) in [5.41, 5.74) is 1.32. The van der Waals surface area contributed by atoms with Gasteiger partial charge in [-0.25, -0.2) is 4.79 Å². The monoisotopic (exact) mass is 259 g/mol. The minimum absolute atomic E-state index is 0.167. The molecular formula is C14H10ClNO2. The van der Waals surface area contributed by atoms with Crippen LogP contribution < -0.4 is 0 Å². The fraction of sp³-hybridized carbons (Fsp3) is 0. The Morgan fingerprint density at radius 1 is 1.11 bits per heavy atom. The Hall–Kier alpha value is -2.13. The Bertz CT molecular complexity index is 608. The first-order valence-corrected chi connectivity index (χ1v) is 5.67. The van der Waals surface area contributed by atoms with Crippen LogP contribution in [0, 0.1) is 0 Å². The van der Waals surface area contributed by atoms with E-state index in [2.05, 4.69) is 4.99 Å². The molecule has 18 heavy (non-hydrogen) atoms. The number of carboxylic acids is 1. The van der Waals surface area contributed by atoms with Crippen LogP contribution >= 0.6 is 11.6 Å². The van der Waals surface area contributed by atoms with Crippen LogP contribution in [0.25, 0.3) is 0 Å². The molecule has 90 valence electrons. The standard InChI is InChI=1S/C14H10ClNO2/c15-12-7-3-1-5-10(12)9-16-13-8-4-2-6-11(13)14(17)18/h1-9H,(H,17,18). The second kappa shape index (κ2) is 5.47. The molecule has 0 saturated heterocycles. The van der Waals surface area contributed by atoms with Crippen molar-refractivity contribution in [3.63, 3.8) is 0 Å². The molecule has 0 aliphatic carbocycles. The van der Waals surface area contributed by atoms with Crippen molar-refractivity contribution in [3.05, 3.63) is 64.7 Å². The van der Waals surface area contributed by atoms with E-state index in [-0.39, 0.29) is 5.56 Å². The van der Waals surface area contributed by atoms with Gasteiger partial charge in [-0.3, -0.25) is 4.99 Å². The number of carboxylic acid groups (broad SMARTS) is 1. The highest BCUT2D eigenvalue weighted by Gasteiger charge is 2.07. The van der Waals surface area contributed by atoms with Crippen molar-refractivity contribution in [2.45, 2.75) is 0 Å². The molecule has 0 bridgehead atoms. The van der Waals surface area contributed by atoms with Gasteiger partial charge in [0.15, 0.2) is 0 Å². The Kier molecular flexibility index (Phi) is 3.75. The summed E-state index contributed by atoms with van der Waals surface area (Å²) >= 11 is 5.99. The van der Waals surface area contributed by atoms with Crippen molar-refractivity contribution in [1.29, 1.82) is 0 Å². The summed E-state index contributed by atoms with van der Waals surface area (Å²) < 4.78 is 0. The maximum atomic E-state index is 11.0. The van der Waals surface area contributed by atoms with Crippen LogP contribution in [0.2, 0.25) is 5.02 Å². The van der Waals surface area contributed by atoms with Gasteiger partial charge in [-0.2, -0.15) is 0 Å². The molecule has 2 aromatic carbocycles. The Morgan fingerprint density at radius 2 is 1.78 bits per heavy atom. The summed E-state index contributed by atoms with van der Waals surface area (Å²) in [6, 6.07) is 13.8. The van der Waals surface area contributed by atoms with E-state index in [0.717, 1.165) is 5.56 Å². The zero-order valence-electron chi connectivity index (χ0n) is 9.38. The van der Waals surface area contributed by atoms with E-state index < -0.39 is 5.97 Å². The fourth-order valence-corrected chi connectivity index (χ4v) is 1.67. The summed E-state index contributed by atoms with van der Waals surface area (Å²) in [5.74, 6) is -0.998. The van der Waals surface area contributed by atoms with Crippen LogP contribution in [0.15, 0.2) is 53.5 Å². The number of nitrogens with zero attached hydrogens (tertiary/aromatic N) is 1. The fourth-order valence-electron chi connectivity index (χ4n) is 1.49. The normalized spacial score (nSPS) is 10.7. The third-order valence-corrected chi connectivity index (χ3v) is 2.73. The van der Waals surface area contributed by atoms with Crippen LogP contribution in [-0.4, -0.2) is 17.3 Å². The van der Waals surface area contributed by atoms with Crippen molar-refractivity contribution < 1.29 is 9.90 Å². The highest BCUT2D eigenvalue weighted by molar-refractivity contribution is 6.33. The maximum absolute atomic E-state index is 11.0. The lowest BCUT2D eigenvalue weighted by Gasteiger charge is -2.00. The van der Waals surface area contributed by atoms with Gasteiger partial charge in [-0.1, -0.05) is 41.9 Å². The summed E-state index contributed by atoms with van der Waals surface area (Å²) in [4.78, 5) is 15.2. The van der Waals surface area contributed by atoms with E-state index in [0.29, 0.717) is 10.7 Å². The zero-order valence-corrected chi connectivity index (χ0v) is 10.1. The van der Waals surface area contributed by atoms with Crippen LogP contribution in [0.4, 0.5) is 5.69 Å². The molecule has 0 aliphatic rings. The molecular weight excluding hydrogens is 250 g/mol. The number of benzene rings is 2. The number of hydrogen-bond acceptors (Lipinski definition) is 2. The number of carbonyl (C=O) groups is 1. The lowest BCUT2D eigenvalue weighted by molar-refractivity contribution is 0.0698. The van der Waals surface area contributed by atoms with Crippen molar-refractivity contribution in [3.8, 4) is 0 Å². The Labute approximate surface area is 109 Å². The minimum Gasteiger partial charge on any atom is -0.478 e. The molecule has 0 radical (unpaired) electrons. The predicted molar refractivity (Wildman–Crippen MR) is 72.1 cm³/mol. The van der Waals surface area contributed by atoms with Gasteiger partial charge in [0.2, 0.25) is 0 Å². The number of aliphatic imine (C=N–C) groups is 1. The molecule has 0 atom stereocenters. The highest BCUT2D eigenvalue weighted by atomic mass is 35.5. The number of halogens is 1. The third-order valence-electron chi connectivity index (χ3n) is 2.38. The molecule has 1 N–H and O–H groups in total. The van der Waals surface area contributed by atoms with E-state index in [9.17, 15) is 4.79 Å². The molecule has 0 amide bonds. The van der Waals surface area contributed by atoms with Gasteiger partial charge in [0.25, 0.3) is 0 Å². The van der Waals surface area contributed by atoms with E-state index in [4.69, 9.17) is 16.7 Å². The number of aromatic carboxylic acids is 1. The van der Waals surface area contributed by atoms with Crippen molar-refractivity contribution in [2.24, 2.45) is 4.99 Å². The van der Waals surface area contributed by atoms with Crippen molar-refractivity contribution in [2.75, 3.05) is 0 Å². The smallest absolute Gasteiger partial charge is 0.337 e. The SMILES string of the molecule is O=C(O)c1ccccc1N=Cc1ccccc1Cl. The minimum atomic E-state index is -0.998. The third kappa shape index (κ3) is 2.76. The van der Waals surface area contributed by atoms with Gasteiger partial charge < -0.3 is 5.11 Å². The first kappa shape index (κ1) is 12.3. The molecule has 3 nitrogen and oxygen atoms in total. The molecule has 0 saturated carbocycles. The largest absolute Gasteiger partial charge is 0.478 e. The average molecular weight is 260 g/mol. The first-order chi connectivity index (χ1) is 8.68. The molecule has 4 heteroatoms. The van der Waals surface area contributed by atoms with E-state index in [1.165, 1.54) is 6.07 Å². The Morgan fingerprint density at radius 3 is 2.50 bits per heavy atom. The summed E-state index contributed by atoms with van der Waals surface area (Å²) in [7, 11) is 0. The van der Waals surface area contributed by atoms with E-state index in [1.807, 2.05) is 18.2 Å². The molecule has 0 fully saturated rings. The highest BCUT2D eigenvalue weighted by Crippen LogP contribution is 2.19. The first-order valence-electron chi connectivity index (χ1n) is 5.29. The molecule has 0 unspecified atom stereocenters. The molecule has 0 spiro atoms. The summed E-state index contributed by atoms with van der Waals surface area (Å²) in [5, 5.41) is 9.60. The number of rotatable bonds is 3. The molecule has 0 aromatic heterocycles. The average Bonchev–Trinajstić information content (AvgIpc) is 2.38. The van der Waals surface area contributed by atoms with Gasteiger partial charge in [0, 0.05) is 16.8 Å². The predicted octanol–water partition coefficient (Wildman–Crippen LogP) is 3.79. The van der Waals surface area contributed by atoms with Gasteiger partial charge >= 0.3 is 5.97 Å². The van der Waals surface area contributed by atoms with Crippen molar-refractivity contribution >= 4 is 29.5 Å². The molecule has 0 aliphatic heterocycles. The maximum Gasteiger partial charge on any atom is 0.337 e. The Balaban J connectivity index is 2.35. The van der Waals surface area contributed by atoms with Gasteiger partial charge in [0.05, 0.1) is 11.3 Å². The number of hydrogen-bond donors (Lipinski definition) is 1.